The summed E-state index contributed by atoms with van der Waals surface area (Å²) in [6.45, 7) is 5.52. The molecule has 2 amide bonds. The van der Waals surface area contributed by atoms with Gasteiger partial charge in [-0.25, -0.2) is 0 Å². The second-order valence-corrected chi connectivity index (χ2v) is 5.52. The van der Waals surface area contributed by atoms with E-state index in [-0.39, 0.29) is 11.8 Å². The summed E-state index contributed by atoms with van der Waals surface area (Å²) in [5.74, 6) is 0.0997. The van der Waals surface area contributed by atoms with Gasteiger partial charge in [0.25, 0.3) is 0 Å². The first kappa shape index (κ1) is 15.0. The smallest absolute Gasteiger partial charge is 0.239 e. The molecule has 0 radical (unpaired) electrons. The highest BCUT2D eigenvalue weighted by Gasteiger charge is 2.21. The van der Waals surface area contributed by atoms with E-state index in [4.69, 9.17) is 5.73 Å². The maximum atomic E-state index is 11.7. The van der Waals surface area contributed by atoms with E-state index in [2.05, 4.69) is 5.32 Å². The minimum atomic E-state index is -0.835. The summed E-state index contributed by atoms with van der Waals surface area (Å²) in [7, 11) is 0. The van der Waals surface area contributed by atoms with Gasteiger partial charge in [0.1, 0.15) is 0 Å². The molecule has 1 aliphatic heterocycles. The third kappa shape index (κ3) is 5.04. The van der Waals surface area contributed by atoms with E-state index in [9.17, 15) is 9.59 Å². The Morgan fingerprint density at radius 2 is 2.11 bits per heavy atom. The van der Waals surface area contributed by atoms with Gasteiger partial charge in [-0.3, -0.25) is 9.59 Å². The first-order valence-corrected chi connectivity index (χ1v) is 6.76. The lowest BCUT2D eigenvalue weighted by Gasteiger charge is -2.21. The molecule has 5 nitrogen and oxygen atoms in total. The Labute approximate surface area is 109 Å². The summed E-state index contributed by atoms with van der Waals surface area (Å²) in [4.78, 5) is 25.1. The molecule has 0 aromatic rings. The summed E-state index contributed by atoms with van der Waals surface area (Å²) in [5, 5.41) is 2.79. The average Bonchev–Trinajstić information content (AvgIpc) is 2.48. The Kier molecular flexibility index (Phi) is 5.59. The lowest BCUT2D eigenvalue weighted by molar-refractivity contribution is -0.130. The molecule has 1 rings (SSSR count). The molecule has 1 saturated heterocycles. The van der Waals surface area contributed by atoms with Crippen molar-refractivity contribution in [3.63, 3.8) is 0 Å². The van der Waals surface area contributed by atoms with Crippen LogP contribution in [-0.2, 0) is 9.59 Å². The number of nitrogens with one attached hydrogen (secondary N) is 1. The molecule has 1 fully saturated rings. The third-order valence-corrected chi connectivity index (χ3v) is 3.15. The van der Waals surface area contributed by atoms with Crippen molar-refractivity contribution in [3.05, 3.63) is 0 Å². The standard InChI is InChI=1S/C13H25N3O2/c1-13(2,14)12(18)15-8-6-10-16-9-5-3-4-7-11(16)17/h3-10,14H2,1-2H3,(H,15,18). The van der Waals surface area contributed by atoms with Crippen LogP contribution in [0.1, 0.15) is 46.0 Å². The number of carbonyl (C=O) groups excluding carboxylic acids is 2. The number of rotatable bonds is 5. The Bertz CT molecular complexity index is 297. The van der Waals surface area contributed by atoms with Gasteiger partial charge in [-0.2, -0.15) is 0 Å². The molecule has 1 heterocycles. The molecule has 0 spiro atoms. The van der Waals surface area contributed by atoms with Gasteiger partial charge in [0.2, 0.25) is 11.8 Å². The van der Waals surface area contributed by atoms with E-state index < -0.39 is 5.54 Å². The van der Waals surface area contributed by atoms with Gasteiger partial charge in [0.15, 0.2) is 0 Å². The molecule has 0 atom stereocenters. The normalized spacial score (nSPS) is 17.5. The minimum absolute atomic E-state index is 0.148. The molecule has 0 aliphatic carbocycles. The van der Waals surface area contributed by atoms with Crippen molar-refractivity contribution in [1.82, 2.24) is 10.2 Å². The number of amides is 2. The van der Waals surface area contributed by atoms with Crippen LogP contribution in [-0.4, -0.2) is 41.9 Å². The van der Waals surface area contributed by atoms with E-state index >= 15 is 0 Å². The Morgan fingerprint density at radius 1 is 1.39 bits per heavy atom. The lowest BCUT2D eigenvalue weighted by Crippen LogP contribution is -2.49. The molecule has 0 bridgehead atoms. The van der Waals surface area contributed by atoms with Crippen molar-refractivity contribution in [3.8, 4) is 0 Å². The molecular formula is C13H25N3O2. The number of nitrogens with zero attached hydrogens (tertiary/aromatic N) is 1. The van der Waals surface area contributed by atoms with Crippen molar-refractivity contribution in [2.24, 2.45) is 5.73 Å². The molecule has 3 N–H and O–H groups in total. The Hall–Kier alpha value is -1.10. The van der Waals surface area contributed by atoms with Gasteiger partial charge in [-0.05, 0) is 33.1 Å². The number of carbonyl (C=O) groups is 2. The van der Waals surface area contributed by atoms with Crippen LogP contribution in [0.3, 0.4) is 0 Å². The van der Waals surface area contributed by atoms with Gasteiger partial charge < -0.3 is 16.0 Å². The molecular weight excluding hydrogens is 230 g/mol. The first-order chi connectivity index (χ1) is 8.41. The van der Waals surface area contributed by atoms with E-state index in [1.807, 2.05) is 4.90 Å². The number of hydrogen-bond acceptors (Lipinski definition) is 3. The zero-order valence-corrected chi connectivity index (χ0v) is 11.5. The molecule has 0 aromatic carbocycles. The number of hydrogen-bond donors (Lipinski definition) is 2. The number of nitrogens with two attached hydrogens (primary N) is 1. The van der Waals surface area contributed by atoms with Crippen molar-refractivity contribution < 1.29 is 9.59 Å². The van der Waals surface area contributed by atoms with E-state index in [0.717, 1.165) is 38.8 Å². The molecule has 18 heavy (non-hydrogen) atoms. The average molecular weight is 255 g/mol. The van der Waals surface area contributed by atoms with Gasteiger partial charge in [-0.15, -0.1) is 0 Å². The maximum Gasteiger partial charge on any atom is 0.239 e. The minimum Gasteiger partial charge on any atom is -0.354 e. The van der Waals surface area contributed by atoms with Crippen molar-refractivity contribution in [2.75, 3.05) is 19.6 Å². The predicted octanol–water partition coefficient (Wildman–Crippen LogP) is 0.633. The molecule has 0 saturated carbocycles. The summed E-state index contributed by atoms with van der Waals surface area (Å²) in [6.07, 6.45) is 4.69. The van der Waals surface area contributed by atoms with Crippen LogP contribution in [0.4, 0.5) is 0 Å². The van der Waals surface area contributed by atoms with Crippen LogP contribution >= 0.6 is 0 Å². The zero-order valence-electron chi connectivity index (χ0n) is 11.5. The van der Waals surface area contributed by atoms with Gasteiger partial charge in [0.05, 0.1) is 5.54 Å². The molecule has 0 unspecified atom stereocenters. The first-order valence-electron chi connectivity index (χ1n) is 6.76. The maximum absolute atomic E-state index is 11.7. The molecule has 104 valence electrons. The van der Waals surface area contributed by atoms with Crippen molar-refractivity contribution in [2.45, 2.75) is 51.5 Å². The van der Waals surface area contributed by atoms with Crippen LogP contribution in [0.2, 0.25) is 0 Å². The van der Waals surface area contributed by atoms with Crippen LogP contribution in [0.15, 0.2) is 0 Å². The fourth-order valence-electron chi connectivity index (χ4n) is 1.97. The van der Waals surface area contributed by atoms with E-state index in [0.29, 0.717) is 13.0 Å². The van der Waals surface area contributed by atoms with E-state index in [1.165, 1.54) is 0 Å². The fourth-order valence-corrected chi connectivity index (χ4v) is 1.97. The fraction of sp³-hybridized carbons (Fsp3) is 0.846. The van der Waals surface area contributed by atoms with Crippen molar-refractivity contribution in [1.29, 1.82) is 0 Å². The van der Waals surface area contributed by atoms with Gasteiger partial charge in [-0.1, -0.05) is 6.42 Å². The van der Waals surface area contributed by atoms with Crippen LogP contribution in [0.5, 0.6) is 0 Å². The topological polar surface area (TPSA) is 75.4 Å². The largest absolute Gasteiger partial charge is 0.354 e. The molecule has 0 aromatic heterocycles. The summed E-state index contributed by atoms with van der Waals surface area (Å²) in [6, 6.07) is 0. The van der Waals surface area contributed by atoms with Gasteiger partial charge in [0, 0.05) is 26.1 Å². The van der Waals surface area contributed by atoms with Crippen LogP contribution in [0, 0.1) is 0 Å². The highest BCUT2D eigenvalue weighted by Crippen LogP contribution is 2.11. The quantitative estimate of drug-likeness (QED) is 0.708. The Balaban J connectivity index is 2.21. The number of likely N-dealkylation sites (tertiary alicyclic amines) is 1. The van der Waals surface area contributed by atoms with Crippen molar-refractivity contribution >= 4 is 11.8 Å². The van der Waals surface area contributed by atoms with Gasteiger partial charge >= 0.3 is 0 Å². The highest BCUT2D eigenvalue weighted by molar-refractivity contribution is 5.84. The zero-order chi connectivity index (χ0) is 13.6. The summed E-state index contributed by atoms with van der Waals surface area (Å²) >= 11 is 0. The second-order valence-electron chi connectivity index (χ2n) is 5.52. The SMILES string of the molecule is CC(C)(N)C(=O)NCCCN1CCCCCC1=O. The Morgan fingerprint density at radius 3 is 2.78 bits per heavy atom. The predicted molar refractivity (Wildman–Crippen MR) is 70.9 cm³/mol. The van der Waals surface area contributed by atoms with E-state index in [1.54, 1.807) is 13.8 Å². The third-order valence-electron chi connectivity index (χ3n) is 3.15. The van der Waals surface area contributed by atoms with Crippen LogP contribution in [0.25, 0.3) is 0 Å². The summed E-state index contributed by atoms with van der Waals surface area (Å²) in [5.41, 5.74) is 4.84. The van der Waals surface area contributed by atoms with Crippen LogP contribution < -0.4 is 11.1 Å². The molecule has 1 aliphatic rings. The summed E-state index contributed by atoms with van der Waals surface area (Å²) < 4.78 is 0. The molecule has 5 heteroatoms. The highest BCUT2D eigenvalue weighted by atomic mass is 16.2. The monoisotopic (exact) mass is 255 g/mol. The lowest BCUT2D eigenvalue weighted by atomic mass is 10.1. The second kappa shape index (κ2) is 6.73.